The van der Waals surface area contributed by atoms with Crippen LogP contribution in [0.1, 0.15) is 52.9 Å². The van der Waals surface area contributed by atoms with Crippen LogP contribution in [-0.4, -0.2) is 28.6 Å². The first kappa shape index (κ1) is 16.0. The van der Waals surface area contributed by atoms with Crippen molar-refractivity contribution in [3.8, 4) is 0 Å². The summed E-state index contributed by atoms with van der Waals surface area (Å²) in [6.45, 7) is 7.38. The maximum absolute atomic E-state index is 10.9. The molecule has 106 valence electrons. The lowest BCUT2D eigenvalue weighted by atomic mass is 9.80. The van der Waals surface area contributed by atoms with Gasteiger partial charge >= 0.3 is 5.97 Å². The zero-order valence-electron chi connectivity index (χ0n) is 11.6. The first-order valence-corrected chi connectivity index (χ1v) is 7.76. The number of carboxylic acid groups (broad SMARTS) is 1. The zero-order chi connectivity index (χ0) is 13.8. The van der Waals surface area contributed by atoms with Gasteiger partial charge in [0.05, 0.1) is 12.7 Å². The van der Waals surface area contributed by atoms with Crippen LogP contribution in [-0.2, 0) is 9.53 Å². The second-order valence-electron chi connectivity index (χ2n) is 6.14. The Bertz CT molecular complexity index is 268. The molecule has 3 unspecified atom stereocenters. The predicted octanol–water partition coefficient (Wildman–Crippen LogP) is 3.85. The Morgan fingerprint density at radius 1 is 1.56 bits per heavy atom. The van der Waals surface area contributed by atoms with Crippen molar-refractivity contribution < 1.29 is 14.6 Å². The van der Waals surface area contributed by atoms with Gasteiger partial charge in [0.15, 0.2) is 0 Å². The van der Waals surface area contributed by atoms with Gasteiger partial charge in [0.2, 0.25) is 0 Å². The normalized spacial score (nSPS) is 26.6. The number of hydrogen-bond acceptors (Lipinski definition) is 2. The quantitative estimate of drug-likeness (QED) is 0.756. The summed E-state index contributed by atoms with van der Waals surface area (Å²) in [7, 11) is 0. The van der Waals surface area contributed by atoms with E-state index in [0.29, 0.717) is 12.3 Å². The average molecular weight is 321 g/mol. The average Bonchev–Trinajstić information content (AvgIpc) is 2.28. The summed E-state index contributed by atoms with van der Waals surface area (Å²) in [5.74, 6) is -0.418. The van der Waals surface area contributed by atoms with Crippen LogP contribution in [0.25, 0.3) is 0 Å². The topological polar surface area (TPSA) is 46.5 Å². The van der Waals surface area contributed by atoms with E-state index in [1.165, 1.54) is 0 Å². The van der Waals surface area contributed by atoms with Crippen molar-refractivity contribution in [2.24, 2.45) is 11.3 Å². The SMILES string of the molecule is CCCC(CC(Br)C(=O)O)C1CCC(C)(C)CO1. The van der Waals surface area contributed by atoms with Crippen molar-refractivity contribution >= 4 is 21.9 Å². The van der Waals surface area contributed by atoms with Crippen LogP contribution in [0, 0.1) is 11.3 Å². The van der Waals surface area contributed by atoms with Crippen LogP contribution >= 0.6 is 15.9 Å². The lowest BCUT2D eigenvalue weighted by molar-refractivity contribution is -0.137. The molecule has 0 aromatic carbocycles. The number of carboxylic acids is 1. The van der Waals surface area contributed by atoms with E-state index in [0.717, 1.165) is 32.3 Å². The Labute approximate surface area is 118 Å². The molecule has 1 fully saturated rings. The van der Waals surface area contributed by atoms with Gasteiger partial charge in [0.25, 0.3) is 0 Å². The number of rotatable bonds is 6. The molecule has 0 amide bonds. The maximum atomic E-state index is 10.9. The van der Waals surface area contributed by atoms with Gasteiger partial charge in [0.1, 0.15) is 4.83 Å². The van der Waals surface area contributed by atoms with E-state index in [-0.39, 0.29) is 11.5 Å². The third-order valence-corrected chi connectivity index (χ3v) is 4.52. The first-order chi connectivity index (χ1) is 8.35. The first-order valence-electron chi connectivity index (χ1n) is 6.84. The Balaban J connectivity index is 2.54. The second kappa shape index (κ2) is 6.90. The molecular weight excluding hydrogens is 296 g/mol. The summed E-state index contributed by atoms with van der Waals surface area (Å²) >= 11 is 3.25. The van der Waals surface area contributed by atoms with Gasteiger partial charge in [-0.3, -0.25) is 4.79 Å². The monoisotopic (exact) mass is 320 g/mol. The molecule has 0 spiro atoms. The molecule has 0 aliphatic carbocycles. The van der Waals surface area contributed by atoms with E-state index < -0.39 is 10.8 Å². The summed E-state index contributed by atoms with van der Waals surface area (Å²) in [4.78, 5) is 10.5. The third kappa shape index (κ3) is 4.88. The fraction of sp³-hybridized carbons (Fsp3) is 0.929. The van der Waals surface area contributed by atoms with Crippen molar-refractivity contribution in [2.75, 3.05) is 6.61 Å². The van der Waals surface area contributed by atoms with Gasteiger partial charge in [0, 0.05) is 0 Å². The largest absolute Gasteiger partial charge is 0.480 e. The highest BCUT2D eigenvalue weighted by molar-refractivity contribution is 9.10. The van der Waals surface area contributed by atoms with Gasteiger partial charge in [-0.15, -0.1) is 0 Å². The number of alkyl halides is 1. The molecule has 1 N–H and O–H groups in total. The van der Waals surface area contributed by atoms with Crippen molar-refractivity contribution in [3.05, 3.63) is 0 Å². The Morgan fingerprint density at radius 3 is 2.67 bits per heavy atom. The number of hydrogen-bond donors (Lipinski definition) is 1. The molecule has 3 atom stereocenters. The van der Waals surface area contributed by atoms with Crippen LogP contribution in [0.15, 0.2) is 0 Å². The molecule has 3 nitrogen and oxygen atoms in total. The van der Waals surface area contributed by atoms with E-state index in [2.05, 4.69) is 36.7 Å². The van der Waals surface area contributed by atoms with Gasteiger partial charge in [-0.2, -0.15) is 0 Å². The predicted molar refractivity (Wildman–Crippen MR) is 76.1 cm³/mol. The highest BCUT2D eigenvalue weighted by Crippen LogP contribution is 2.35. The van der Waals surface area contributed by atoms with Crippen LogP contribution in [0.5, 0.6) is 0 Å². The minimum atomic E-state index is -0.771. The molecule has 0 radical (unpaired) electrons. The lowest BCUT2D eigenvalue weighted by Gasteiger charge is -2.38. The van der Waals surface area contributed by atoms with Gasteiger partial charge in [-0.05, 0) is 37.0 Å². The molecular formula is C14H25BrO3. The summed E-state index contributed by atoms with van der Waals surface area (Å²) in [6.07, 6.45) is 5.23. The Morgan fingerprint density at radius 2 is 2.22 bits per heavy atom. The summed E-state index contributed by atoms with van der Waals surface area (Å²) < 4.78 is 5.97. The fourth-order valence-corrected chi connectivity index (χ4v) is 3.07. The van der Waals surface area contributed by atoms with E-state index >= 15 is 0 Å². The summed E-state index contributed by atoms with van der Waals surface area (Å²) in [6, 6.07) is 0. The molecule has 0 aromatic rings. The third-order valence-electron chi connectivity index (χ3n) is 3.76. The van der Waals surface area contributed by atoms with Gasteiger partial charge in [-0.1, -0.05) is 43.1 Å². The van der Waals surface area contributed by atoms with Crippen molar-refractivity contribution in [1.29, 1.82) is 0 Å². The van der Waals surface area contributed by atoms with Crippen LogP contribution in [0.3, 0.4) is 0 Å². The molecule has 1 saturated heterocycles. The molecule has 0 saturated carbocycles. The number of aliphatic carboxylic acids is 1. The standard InChI is InChI=1S/C14H25BrO3/c1-4-5-10(8-11(15)13(16)17)12-6-7-14(2,3)9-18-12/h10-12H,4-9H2,1-3H3,(H,16,17). The van der Waals surface area contributed by atoms with Crippen LogP contribution in [0.4, 0.5) is 0 Å². The van der Waals surface area contributed by atoms with Crippen molar-refractivity contribution in [1.82, 2.24) is 0 Å². The molecule has 4 heteroatoms. The molecule has 18 heavy (non-hydrogen) atoms. The van der Waals surface area contributed by atoms with Crippen LogP contribution in [0.2, 0.25) is 0 Å². The van der Waals surface area contributed by atoms with E-state index in [4.69, 9.17) is 9.84 Å². The number of halogens is 1. The van der Waals surface area contributed by atoms with Crippen LogP contribution < -0.4 is 0 Å². The maximum Gasteiger partial charge on any atom is 0.317 e. The number of carbonyl (C=O) groups is 1. The number of ether oxygens (including phenoxy) is 1. The Kier molecular flexibility index (Phi) is 6.12. The summed E-state index contributed by atoms with van der Waals surface area (Å²) in [5.41, 5.74) is 0.272. The minimum Gasteiger partial charge on any atom is -0.480 e. The van der Waals surface area contributed by atoms with E-state index in [9.17, 15) is 4.79 Å². The second-order valence-corrected chi connectivity index (χ2v) is 7.25. The summed E-state index contributed by atoms with van der Waals surface area (Å²) in [5, 5.41) is 8.99. The fourth-order valence-electron chi connectivity index (χ4n) is 2.59. The van der Waals surface area contributed by atoms with Crippen molar-refractivity contribution in [3.63, 3.8) is 0 Å². The molecule has 0 bridgehead atoms. The molecule has 1 heterocycles. The van der Waals surface area contributed by atoms with E-state index in [1.807, 2.05) is 0 Å². The van der Waals surface area contributed by atoms with E-state index in [1.54, 1.807) is 0 Å². The Hall–Kier alpha value is -0.0900. The molecule has 0 aromatic heterocycles. The highest BCUT2D eigenvalue weighted by atomic mass is 79.9. The molecule has 1 aliphatic rings. The van der Waals surface area contributed by atoms with Gasteiger partial charge in [-0.25, -0.2) is 0 Å². The van der Waals surface area contributed by atoms with Gasteiger partial charge < -0.3 is 9.84 Å². The lowest BCUT2D eigenvalue weighted by Crippen LogP contribution is -2.37. The molecule has 1 rings (SSSR count). The smallest absolute Gasteiger partial charge is 0.317 e. The van der Waals surface area contributed by atoms with Crippen molar-refractivity contribution in [2.45, 2.75) is 63.8 Å². The highest BCUT2D eigenvalue weighted by Gasteiger charge is 2.33. The minimum absolute atomic E-state index is 0.234. The zero-order valence-corrected chi connectivity index (χ0v) is 13.2. The molecule has 1 aliphatic heterocycles.